The molecule has 1 aromatic heterocycles. The maximum atomic E-state index is 12.1. The molecule has 5 rings (SSSR count). The highest BCUT2D eigenvalue weighted by Gasteiger charge is 2.66. The van der Waals surface area contributed by atoms with Gasteiger partial charge in [-0.05, 0) is 61.0 Å². The number of aliphatic hydroxyl groups excluding tert-OH is 1. The molecule has 0 aliphatic heterocycles. The van der Waals surface area contributed by atoms with Crippen LogP contribution in [0.3, 0.4) is 0 Å². The summed E-state index contributed by atoms with van der Waals surface area (Å²) in [7, 11) is 0. The molecule has 6 atom stereocenters. The van der Waals surface area contributed by atoms with Crippen LogP contribution in [0.2, 0.25) is 0 Å². The number of hydrogen-bond acceptors (Lipinski definition) is 2. The fourth-order valence-corrected chi connectivity index (χ4v) is 7.27. The number of carbonyl (C=O) groups is 1. The summed E-state index contributed by atoms with van der Waals surface area (Å²) in [4.78, 5) is 15.9. The molecular weight excluding hydrogens is 322 g/mol. The van der Waals surface area contributed by atoms with Crippen LogP contribution in [-0.2, 0) is 16.6 Å². The number of nitrogens with one attached hydrogen (secondary N) is 1. The highest BCUT2D eigenvalue weighted by molar-refractivity contribution is 5.86. The van der Waals surface area contributed by atoms with E-state index in [1.807, 2.05) is 6.92 Å². The summed E-state index contributed by atoms with van der Waals surface area (Å²) in [6.07, 6.45) is 5.59. The monoisotopic (exact) mass is 351 g/mol. The lowest BCUT2D eigenvalue weighted by atomic mass is 9.41. The van der Waals surface area contributed by atoms with Crippen LogP contribution >= 0.6 is 0 Å². The largest absolute Gasteiger partial charge is 0.392 e. The molecular formula is C23H29NO2. The summed E-state index contributed by atoms with van der Waals surface area (Å²) in [6, 6.07) is 8.64. The number of hydrogen-bond donors (Lipinski definition) is 2. The molecule has 138 valence electrons. The van der Waals surface area contributed by atoms with Crippen molar-refractivity contribution in [2.75, 3.05) is 0 Å². The Labute approximate surface area is 155 Å². The predicted molar refractivity (Wildman–Crippen MR) is 103 cm³/mol. The smallest absolute Gasteiger partial charge is 0.128 e. The van der Waals surface area contributed by atoms with E-state index in [4.69, 9.17) is 0 Å². The molecule has 1 heterocycles. The zero-order valence-corrected chi connectivity index (χ0v) is 16.0. The summed E-state index contributed by atoms with van der Waals surface area (Å²) >= 11 is 0. The van der Waals surface area contributed by atoms with Gasteiger partial charge in [-0.25, -0.2) is 0 Å². The molecule has 2 saturated carbocycles. The van der Waals surface area contributed by atoms with Crippen LogP contribution in [0, 0.1) is 22.7 Å². The van der Waals surface area contributed by atoms with Crippen molar-refractivity contribution in [1.29, 1.82) is 0 Å². The number of para-hydroxylation sites is 1. The number of benzene rings is 1. The molecule has 0 saturated heterocycles. The third-order valence-electron chi connectivity index (χ3n) is 9.02. The second-order valence-corrected chi connectivity index (χ2v) is 9.71. The summed E-state index contributed by atoms with van der Waals surface area (Å²) in [5.74, 6) is 0.857. The van der Waals surface area contributed by atoms with Crippen molar-refractivity contribution in [2.24, 2.45) is 22.7 Å². The van der Waals surface area contributed by atoms with Crippen LogP contribution in [0.15, 0.2) is 24.3 Å². The van der Waals surface area contributed by atoms with E-state index < -0.39 is 11.5 Å². The molecule has 1 aromatic carbocycles. The highest BCUT2D eigenvalue weighted by atomic mass is 16.3. The van der Waals surface area contributed by atoms with Gasteiger partial charge in [-0.3, -0.25) is 0 Å². The van der Waals surface area contributed by atoms with Crippen molar-refractivity contribution in [3.05, 3.63) is 35.5 Å². The zero-order chi connectivity index (χ0) is 18.3. The summed E-state index contributed by atoms with van der Waals surface area (Å²) in [6.45, 7) is 6.84. The Morgan fingerprint density at radius 1 is 1.15 bits per heavy atom. The maximum absolute atomic E-state index is 12.1. The number of carbonyl (C=O) groups excluding carboxylic acids is 1. The first-order valence-corrected chi connectivity index (χ1v) is 10.1. The van der Waals surface area contributed by atoms with Crippen molar-refractivity contribution in [2.45, 2.75) is 64.4 Å². The first-order valence-electron chi connectivity index (χ1n) is 10.1. The lowest BCUT2D eigenvalue weighted by molar-refractivity contribution is -0.167. The Hall–Kier alpha value is -1.61. The fraction of sp³-hybridized carbons (Fsp3) is 0.609. The number of aromatic amines is 1. The third kappa shape index (κ3) is 1.67. The van der Waals surface area contributed by atoms with Crippen LogP contribution in [0.5, 0.6) is 0 Å². The number of rotatable bonds is 1. The molecule has 0 spiro atoms. The number of H-pyrrole nitrogens is 1. The van der Waals surface area contributed by atoms with Gasteiger partial charge in [0.05, 0.1) is 11.5 Å². The molecule has 2 fully saturated rings. The summed E-state index contributed by atoms with van der Waals surface area (Å²) in [5, 5.41) is 12.0. The van der Waals surface area contributed by atoms with E-state index in [1.54, 1.807) is 0 Å². The molecule has 26 heavy (non-hydrogen) atoms. The van der Waals surface area contributed by atoms with Gasteiger partial charge in [-0.15, -0.1) is 0 Å². The van der Waals surface area contributed by atoms with Gasteiger partial charge >= 0.3 is 0 Å². The van der Waals surface area contributed by atoms with Crippen LogP contribution < -0.4 is 0 Å². The molecule has 0 radical (unpaired) electrons. The number of fused-ring (bicyclic) bond motifs is 7. The number of aldehydes is 1. The molecule has 0 bridgehead atoms. The van der Waals surface area contributed by atoms with Crippen LogP contribution in [0.1, 0.15) is 57.7 Å². The number of aromatic nitrogens is 1. The average Bonchev–Trinajstić information content (AvgIpc) is 3.14. The van der Waals surface area contributed by atoms with E-state index in [9.17, 15) is 9.90 Å². The average molecular weight is 351 g/mol. The Kier molecular flexibility index (Phi) is 3.19. The van der Waals surface area contributed by atoms with Crippen molar-refractivity contribution >= 4 is 17.2 Å². The van der Waals surface area contributed by atoms with E-state index in [2.05, 4.69) is 43.1 Å². The molecule has 3 aliphatic carbocycles. The Bertz CT molecular complexity index is 901. The fourth-order valence-electron chi connectivity index (χ4n) is 7.27. The normalized spacial score (nSPS) is 44.4. The standard InChI is InChI=1S/C23H29NO2/c1-21(13-25)18-9-8-14-12-16-15-6-4-5-7-17(15)24-20(16)23(14,3)22(18,2)11-10-19(21)26/h4-7,13-14,18-19,24,26H,8-12H2,1-3H3. The zero-order valence-electron chi connectivity index (χ0n) is 16.0. The Balaban J connectivity index is 1.72. The van der Waals surface area contributed by atoms with E-state index in [1.165, 1.54) is 22.2 Å². The minimum atomic E-state index is -0.629. The first kappa shape index (κ1) is 16.6. The van der Waals surface area contributed by atoms with Crippen molar-refractivity contribution in [3.8, 4) is 0 Å². The molecule has 3 nitrogen and oxygen atoms in total. The minimum absolute atomic E-state index is 0.0247. The first-order chi connectivity index (χ1) is 12.4. The van der Waals surface area contributed by atoms with Crippen LogP contribution in [0.4, 0.5) is 0 Å². The van der Waals surface area contributed by atoms with Gasteiger partial charge in [-0.1, -0.05) is 39.0 Å². The van der Waals surface area contributed by atoms with E-state index in [-0.39, 0.29) is 16.7 Å². The number of aliphatic hydroxyl groups is 1. The second-order valence-electron chi connectivity index (χ2n) is 9.71. The van der Waals surface area contributed by atoms with Crippen LogP contribution in [0.25, 0.3) is 10.9 Å². The van der Waals surface area contributed by atoms with Crippen molar-refractivity contribution < 1.29 is 9.90 Å². The van der Waals surface area contributed by atoms with Gasteiger partial charge in [-0.2, -0.15) is 0 Å². The summed E-state index contributed by atoms with van der Waals surface area (Å²) < 4.78 is 0. The summed E-state index contributed by atoms with van der Waals surface area (Å²) in [5.41, 5.74) is 3.56. The lowest BCUT2D eigenvalue weighted by Gasteiger charge is -2.63. The second kappa shape index (κ2) is 5.01. The van der Waals surface area contributed by atoms with Gasteiger partial charge in [0, 0.05) is 22.0 Å². The molecule has 3 aliphatic rings. The molecule has 2 aromatic rings. The van der Waals surface area contributed by atoms with Gasteiger partial charge in [0.25, 0.3) is 0 Å². The SMILES string of the molecule is CC1(C=O)C(O)CCC2(C)C1CCC1Cc3c([nH]c4ccccc34)C12C. The van der Waals surface area contributed by atoms with Gasteiger partial charge in [0.15, 0.2) is 0 Å². The lowest BCUT2D eigenvalue weighted by Crippen LogP contribution is -2.62. The molecule has 2 N–H and O–H groups in total. The van der Waals surface area contributed by atoms with E-state index in [0.29, 0.717) is 5.92 Å². The van der Waals surface area contributed by atoms with E-state index in [0.717, 1.165) is 38.4 Å². The van der Waals surface area contributed by atoms with Crippen molar-refractivity contribution in [1.82, 2.24) is 4.98 Å². The predicted octanol–water partition coefficient (Wildman–Crippen LogP) is 4.37. The highest BCUT2D eigenvalue weighted by Crippen LogP contribution is 2.69. The molecule has 0 amide bonds. The maximum Gasteiger partial charge on any atom is 0.128 e. The third-order valence-corrected chi connectivity index (χ3v) is 9.02. The van der Waals surface area contributed by atoms with Gasteiger partial charge in [0.1, 0.15) is 6.29 Å². The molecule has 3 heteroatoms. The minimum Gasteiger partial charge on any atom is -0.392 e. The molecule has 6 unspecified atom stereocenters. The van der Waals surface area contributed by atoms with E-state index >= 15 is 0 Å². The van der Waals surface area contributed by atoms with Gasteiger partial charge < -0.3 is 14.9 Å². The van der Waals surface area contributed by atoms with Crippen LogP contribution in [-0.4, -0.2) is 22.5 Å². The van der Waals surface area contributed by atoms with Crippen molar-refractivity contribution in [3.63, 3.8) is 0 Å². The topological polar surface area (TPSA) is 53.1 Å². The Morgan fingerprint density at radius 3 is 2.69 bits per heavy atom. The van der Waals surface area contributed by atoms with Gasteiger partial charge in [0.2, 0.25) is 0 Å². The Morgan fingerprint density at radius 2 is 1.92 bits per heavy atom. The quantitative estimate of drug-likeness (QED) is 0.750.